The van der Waals surface area contributed by atoms with E-state index in [0.717, 1.165) is 19.8 Å². The average molecular weight is 338 g/mol. The van der Waals surface area contributed by atoms with E-state index in [2.05, 4.69) is 57.1 Å². The number of hydrogen-bond acceptors (Lipinski definition) is 3. The van der Waals surface area contributed by atoms with Crippen molar-refractivity contribution in [3.8, 4) is 0 Å². The highest BCUT2D eigenvalue weighted by Gasteiger charge is 2.19. The van der Waals surface area contributed by atoms with Crippen LogP contribution in [0.5, 0.6) is 0 Å². The summed E-state index contributed by atoms with van der Waals surface area (Å²) in [6.45, 7) is 4.58. The summed E-state index contributed by atoms with van der Waals surface area (Å²) in [5.41, 5.74) is 5.27. The Morgan fingerprint density at radius 2 is 2.16 bits per heavy atom. The van der Waals surface area contributed by atoms with Crippen molar-refractivity contribution in [2.45, 2.75) is 26.2 Å². The van der Waals surface area contributed by atoms with Crippen LogP contribution in [0.25, 0.3) is 0 Å². The van der Waals surface area contributed by atoms with E-state index in [-0.39, 0.29) is 6.04 Å². The van der Waals surface area contributed by atoms with Gasteiger partial charge in [-0.05, 0) is 50.1 Å². The largest absolute Gasteiger partial charge is 0.372 e. The van der Waals surface area contributed by atoms with Crippen molar-refractivity contribution in [1.29, 1.82) is 0 Å². The van der Waals surface area contributed by atoms with Crippen LogP contribution in [0.15, 0.2) is 33.4 Å². The molecular weight excluding hydrogens is 322 g/mol. The average Bonchev–Trinajstić information content (AvgIpc) is 3.03. The van der Waals surface area contributed by atoms with E-state index in [0.29, 0.717) is 0 Å². The van der Waals surface area contributed by atoms with Crippen molar-refractivity contribution in [3.63, 3.8) is 0 Å². The van der Waals surface area contributed by atoms with Crippen molar-refractivity contribution in [3.05, 3.63) is 55.7 Å². The molecule has 2 aromatic rings. The normalized spacial score (nSPS) is 15.5. The Kier molecular flexibility index (Phi) is 4.03. The van der Waals surface area contributed by atoms with Gasteiger partial charge in [-0.2, -0.15) is 11.3 Å². The van der Waals surface area contributed by atoms with Crippen molar-refractivity contribution < 1.29 is 4.74 Å². The number of fused-ring (bicyclic) bond motifs is 1. The van der Waals surface area contributed by atoms with Gasteiger partial charge in [0.2, 0.25) is 0 Å². The van der Waals surface area contributed by atoms with Crippen LogP contribution in [0, 0.1) is 0 Å². The summed E-state index contributed by atoms with van der Waals surface area (Å²) in [5.74, 6) is 0. The quantitative estimate of drug-likeness (QED) is 0.900. The van der Waals surface area contributed by atoms with Gasteiger partial charge in [-0.1, -0.05) is 25.1 Å². The molecule has 1 aliphatic heterocycles. The first kappa shape index (κ1) is 13.3. The third kappa shape index (κ3) is 2.63. The van der Waals surface area contributed by atoms with Gasteiger partial charge in [0, 0.05) is 9.85 Å². The predicted molar refractivity (Wildman–Crippen MR) is 82.5 cm³/mol. The first-order chi connectivity index (χ1) is 9.29. The van der Waals surface area contributed by atoms with E-state index < -0.39 is 0 Å². The van der Waals surface area contributed by atoms with E-state index in [9.17, 15) is 0 Å². The van der Waals surface area contributed by atoms with E-state index >= 15 is 0 Å². The Morgan fingerprint density at radius 3 is 2.89 bits per heavy atom. The smallest absolute Gasteiger partial charge is 0.0725 e. The van der Waals surface area contributed by atoms with Gasteiger partial charge in [-0.15, -0.1) is 0 Å². The highest BCUT2D eigenvalue weighted by atomic mass is 79.9. The zero-order chi connectivity index (χ0) is 13.2. The second kappa shape index (κ2) is 5.75. The monoisotopic (exact) mass is 337 g/mol. The fraction of sp³-hybridized carbons (Fsp3) is 0.333. The first-order valence-corrected chi connectivity index (χ1v) is 8.17. The Labute approximate surface area is 125 Å². The van der Waals surface area contributed by atoms with E-state index in [1.165, 1.54) is 26.7 Å². The molecule has 4 heteroatoms. The summed E-state index contributed by atoms with van der Waals surface area (Å²) in [6, 6.07) is 6.93. The van der Waals surface area contributed by atoms with Crippen LogP contribution in [-0.2, 0) is 18.0 Å². The molecule has 0 radical (unpaired) electrons. The Balaban J connectivity index is 1.98. The SMILES string of the molecule is CCNC(c1ccc2c(c1)COC2)c1cscc1Br. The highest BCUT2D eigenvalue weighted by Crippen LogP contribution is 2.33. The molecule has 0 fully saturated rings. The van der Waals surface area contributed by atoms with Gasteiger partial charge in [-0.3, -0.25) is 0 Å². The number of halogens is 1. The highest BCUT2D eigenvalue weighted by molar-refractivity contribution is 9.10. The van der Waals surface area contributed by atoms with Crippen molar-refractivity contribution in [2.24, 2.45) is 0 Å². The summed E-state index contributed by atoms with van der Waals surface area (Å²) in [5, 5.41) is 7.91. The molecule has 0 saturated carbocycles. The summed E-state index contributed by atoms with van der Waals surface area (Å²) in [7, 11) is 0. The van der Waals surface area contributed by atoms with Crippen LogP contribution in [-0.4, -0.2) is 6.54 Å². The molecule has 3 rings (SSSR count). The lowest BCUT2D eigenvalue weighted by Crippen LogP contribution is -2.22. The molecular formula is C15H16BrNOS. The number of hydrogen-bond donors (Lipinski definition) is 1. The van der Waals surface area contributed by atoms with Gasteiger partial charge in [0.1, 0.15) is 0 Å². The van der Waals surface area contributed by atoms with Crippen molar-refractivity contribution in [1.82, 2.24) is 5.32 Å². The molecule has 0 saturated heterocycles. The molecule has 19 heavy (non-hydrogen) atoms. The fourth-order valence-corrected chi connectivity index (χ4v) is 4.03. The van der Waals surface area contributed by atoms with Crippen LogP contribution in [0.2, 0.25) is 0 Å². The molecule has 1 aliphatic rings. The molecule has 1 aromatic carbocycles. The molecule has 100 valence electrons. The van der Waals surface area contributed by atoms with Crippen molar-refractivity contribution >= 4 is 27.3 Å². The van der Waals surface area contributed by atoms with Crippen LogP contribution >= 0.6 is 27.3 Å². The second-order valence-corrected chi connectivity index (χ2v) is 6.28. The lowest BCUT2D eigenvalue weighted by atomic mass is 9.97. The number of thiophene rings is 1. The van der Waals surface area contributed by atoms with E-state index in [1.807, 2.05) is 0 Å². The minimum atomic E-state index is 0.247. The molecule has 0 aliphatic carbocycles. The van der Waals surface area contributed by atoms with Crippen LogP contribution in [0.3, 0.4) is 0 Å². The van der Waals surface area contributed by atoms with Crippen LogP contribution < -0.4 is 5.32 Å². The number of nitrogens with one attached hydrogen (secondary N) is 1. The topological polar surface area (TPSA) is 21.3 Å². The zero-order valence-corrected chi connectivity index (χ0v) is 13.2. The predicted octanol–water partition coefficient (Wildman–Crippen LogP) is 4.24. The Bertz CT molecular complexity index is 581. The maximum absolute atomic E-state index is 5.50. The minimum Gasteiger partial charge on any atom is -0.372 e. The van der Waals surface area contributed by atoms with Crippen LogP contribution in [0.4, 0.5) is 0 Å². The van der Waals surface area contributed by atoms with Gasteiger partial charge in [0.25, 0.3) is 0 Å². The van der Waals surface area contributed by atoms with Gasteiger partial charge in [0.05, 0.1) is 19.3 Å². The summed E-state index contributed by atoms with van der Waals surface area (Å²) in [6.07, 6.45) is 0. The van der Waals surface area contributed by atoms with Crippen molar-refractivity contribution in [2.75, 3.05) is 6.54 Å². The molecule has 1 N–H and O–H groups in total. The molecule has 1 aromatic heterocycles. The molecule has 0 bridgehead atoms. The zero-order valence-electron chi connectivity index (χ0n) is 10.8. The number of ether oxygens (including phenoxy) is 1. The van der Waals surface area contributed by atoms with Crippen LogP contribution in [0.1, 0.15) is 35.2 Å². The maximum atomic E-state index is 5.50. The number of benzene rings is 1. The minimum absolute atomic E-state index is 0.247. The standard InChI is InChI=1S/C15H16BrNOS/c1-2-17-15(13-8-19-9-14(13)16)10-3-4-11-6-18-7-12(11)5-10/h3-5,8-9,15,17H,2,6-7H2,1H3. The maximum Gasteiger partial charge on any atom is 0.0725 e. The lowest BCUT2D eigenvalue weighted by molar-refractivity contribution is 0.134. The van der Waals surface area contributed by atoms with Gasteiger partial charge in [0.15, 0.2) is 0 Å². The molecule has 0 amide bonds. The van der Waals surface area contributed by atoms with Gasteiger partial charge >= 0.3 is 0 Å². The van der Waals surface area contributed by atoms with E-state index in [4.69, 9.17) is 4.74 Å². The molecule has 1 unspecified atom stereocenters. The molecule has 0 spiro atoms. The Morgan fingerprint density at radius 1 is 1.32 bits per heavy atom. The first-order valence-electron chi connectivity index (χ1n) is 6.44. The van der Waals surface area contributed by atoms with Gasteiger partial charge < -0.3 is 10.1 Å². The summed E-state index contributed by atoms with van der Waals surface area (Å²) >= 11 is 5.37. The van der Waals surface area contributed by atoms with E-state index in [1.54, 1.807) is 11.3 Å². The third-order valence-corrected chi connectivity index (χ3v) is 5.19. The molecule has 2 heterocycles. The second-order valence-electron chi connectivity index (χ2n) is 4.69. The number of rotatable bonds is 4. The Hall–Kier alpha value is -0.680. The summed E-state index contributed by atoms with van der Waals surface area (Å²) < 4.78 is 6.68. The van der Waals surface area contributed by atoms with Gasteiger partial charge in [-0.25, -0.2) is 0 Å². The molecule has 1 atom stereocenters. The molecule has 2 nitrogen and oxygen atoms in total. The lowest BCUT2D eigenvalue weighted by Gasteiger charge is -2.19. The fourth-order valence-electron chi connectivity index (χ4n) is 2.48. The third-order valence-electron chi connectivity index (χ3n) is 3.44. The summed E-state index contributed by atoms with van der Waals surface area (Å²) in [4.78, 5) is 0.